The van der Waals surface area contributed by atoms with E-state index in [4.69, 9.17) is 12.2 Å². The van der Waals surface area contributed by atoms with Crippen LogP contribution in [-0.4, -0.2) is 33.3 Å². The van der Waals surface area contributed by atoms with Crippen molar-refractivity contribution in [3.05, 3.63) is 36.0 Å². The number of hydrogen-bond acceptors (Lipinski definition) is 2. The van der Waals surface area contributed by atoms with E-state index in [1.807, 2.05) is 30.5 Å². The third-order valence-electron chi connectivity index (χ3n) is 4.64. The Morgan fingerprint density at radius 3 is 2.79 bits per heavy atom. The van der Waals surface area contributed by atoms with Crippen LogP contribution in [0.1, 0.15) is 37.7 Å². The number of benzene rings is 1. The van der Waals surface area contributed by atoms with Crippen molar-refractivity contribution >= 4 is 34.2 Å². The number of para-hydroxylation sites is 1. The van der Waals surface area contributed by atoms with Crippen molar-refractivity contribution in [3.63, 3.8) is 0 Å². The van der Waals surface area contributed by atoms with Crippen LogP contribution in [0.2, 0.25) is 0 Å². The molecule has 1 saturated carbocycles. The van der Waals surface area contributed by atoms with Crippen LogP contribution in [0.3, 0.4) is 0 Å². The standard InChI is InChI=1S/C18H23N3O2S/c22-17(23)16(21-18(24)20-13-6-2-1-3-7-13)10-12-11-19-15-9-5-4-8-14(12)15/h4-5,8-9,11,13,16,19H,1-3,6-7,10H2,(H,22,23)(H2,20,21,24). The van der Waals surface area contributed by atoms with Gasteiger partial charge < -0.3 is 20.7 Å². The maximum absolute atomic E-state index is 11.6. The first-order chi connectivity index (χ1) is 11.6. The Morgan fingerprint density at radius 2 is 2.04 bits per heavy atom. The normalized spacial score (nSPS) is 16.7. The summed E-state index contributed by atoms with van der Waals surface area (Å²) in [6, 6.07) is 7.52. The van der Waals surface area contributed by atoms with Gasteiger partial charge in [0.2, 0.25) is 0 Å². The smallest absolute Gasteiger partial charge is 0.326 e. The average Bonchev–Trinajstić information content (AvgIpc) is 2.98. The van der Waals surface area contributed by atoms with Crippen LogP contribution in [0, 0.1) is 0 Å². The van der Waals surface area contributed by atoms with Crippen molar-refractivity contribution < 1.29 is 9.90 Å². The molecule has 1 aromatic heterocycles. The van der Waals surface area contributed by atoms with E-state index in [2.05, 4.69) is 15.6 Å². The van der Waals surface area contributed by atoms with Crippen LogP contribution in [0.4, 0.5) is 0 Å². The second-order valence-corrected chi connectivity index (χ2v) is 6.82. The van der Waals surface area contributed by atoms with E-state index in [0.717, 1.165) is 29.3 Å². The van der Waals surface area contributed by atoms with E-state index >= 15 is 0 Å². The predicted molar refractivity (Wildman–Crippen MR) is 99.2 cm³/mol. The lowest BCUT2D eigenvalue weighted by Crippen LogP contribution is -2.50. The van der Waals surface area contributed by atoms with Crippen molar-refractivity contribution in [3.8, 4) is 0 Å². The molecule has 1 fully saturated rings. The zero-order chi connectivity index (χ0) is 16.9. The number of carboxylic acid groups (broad SMARTS) is 1. The fraction of sp³-hybridized carbons (Fsp3) is 0.444. The molecule has 128 valence electrons. The maximum atomic E-state index is 11.6. The summed E-state index contributed by atoms with van der Waals surface area (Å²) < 4.78 is 0. The molecule has 0 saturated heterocycles. The Hall–Kier alpha value is -2.08. The van der Waals surface area contributed by atoms with Crippen molar-refractivity contribution in [2.75, 3.05) is 0 Å². The molecule has 0 aliphatic heterocycles. The molecule has 2 aromatic rings. The molecule has 1 aliphatic carbocycles. The predicted octanol–water partition coefficient (Wildman–Crippen LogP) is 2.96. The molecular weight excluding hydrogens is 322 g/mol. The van der Waals surface area contributed by atoms with Gasteiger partial charge in [-0.05, 0) is 36.7 Å². The first kappa shape index (κ1) is 16.8. The van der Waals surface area contributed by atoms with Gasteiger partial charge in [0.25, 0.3) is 0 Å². The molecule has 1 heterocycles. The number of nitrogens with one attached hydrogen (secondary N) is 3. The molecule has 0 amide bonds. The molecule has 3 rings (SSSR count). The van der Waals surface area contributed by atoms with E-state index in [-0.39, 0.29) is 0 Å². The highest BCUT2D eigenvalue weighted by Crippen LogP contribution is 2.19. The first-order valence-electron chi connectivity index (χ1n) is 8.48. The van der Waals surface area contributed by atoms with Crippen LogP contribution in [0.25, 0.3) is 10.9 Å². The minimum Gasteiger partial charge on any atom is -0.480 e. The highest BCUT2D eigenvalue weighted by atomic mass is 32.1. The SMILES string of the molecule is O=C(O)C(Cc1c[nH]c2ccccc12)NC(=S)NC1CCCCC1. The van der Waals surface area contributed by atoms with Gasteiger partial charge in [0.05, 0.1) is 0 Å². The number of carbonyl (C=O) groups is 1. The Morgan fingerprint density at radius 1 is 1.29 bits per heavy atom. The first-order valence-corrected chi connectivity index (χ1v) is 8.89. The van der Waals surface area contributed by atoms with Crippen molar-refractivity contribution in [2.45, 2.75) is 50.6 Å². The average molecular weight is 345 g/mol. The number of hydrogen-bond donors (Lipinski definition) is 4. The largest absolute Gasteiger partial charge is 0.480 e. The number of aliphatic carboxylic acids is 1. The number of H-pyrrole nitrogens is 1. The summed E-state index contributed by atoms with van der Waals surface area (Å²) in [5.74, 6) is -0.895. The number of rotatable bonds is 5. The van der Waals surface area contributed by atoms with Crippen molar-refractivity contribution in [1.82, 2.24) is 15.6 Å². The number of carboxylic acids is 1. The van der Waals surface area contributed by atoms with Gasteiger partial charge in [0.1, 0.15) is 6.04 Å². The number of thiocarbonyl (C=S) groups is 1. The lowest BCUT2D eigenvalue weighted by atomic mass is 9.96. The second-order valence-electron chi connectivity index (χ2n) is 6.41. The number of fused-ring (bicyclic) bond motifs is 1. The summed E-state index contributed by atoms with van der Waals surface area (Å²) in [4.78, 5) is 14.8. The van der Waals surface area contributed by atoms with Gasteiger partial charge >= 0.3 is 5.97 Å². The zero-order valence-electron chi connectivity index (χ0n) is 13.5. The molecule has 1 aromatic carbocycles. The van der Waals surface area contributed by atoms with E-state index < -0.39 is 12.0 Å². The molecule has 0 bridgehead atoms. The highest BCUT2D eigenvalue weighted by molar-refractivity contribution is 7.80. The van der Waals surface area contributed by atoms with Crippen LogP contribution >= 0.6 is 12.2 Å². The summed E-state index contributed by atoms with van der Waals surface area (Å²) in [6.07, 6.45) is 8.14. The summed E-state index contributed by atoms with van der Waals surface area (Å²) in [5.41, 5.74) is 1.99. The van der Waals surface area contributed by atoms with Gasteiger partial charge in [-0.15, -0.1) is 0 Å². The van der Waals surface area contributed by atoms with E-state index in [1.54, 1.807) is 0 Å². The lowest BCUT2D eigenvalue weighted by molar-refractivity contribution is -0.139. The summed E-state index contributed by atoms with van der Waals surface area (Å²) in [6.45, 7) is 0. The lowest BCUT2D eigenvalue weighted by Gasteiger charge is -2.25. The summed E-state index contributed by atoms with van der Waals surface area (Å²) in [7, 11) is 0. The fourth-order valence-electron chi connectivity index (χ4n) is 3.35. The van der Waals surface area contributed by atoms with Crippen molar-refractivity contribution in [2.24, 2.45) is 0 Å². The third kappa shape index (κ3) is 4.06. The quantitative estimate of drug-likeness (QED) is 0.627. The van der Waals surface area contributed by atoms with E-state index in [1.165, 1.54) is 19.3 Å². The molecule has 1 aliphatic rings. The van der Waals surface area contributed by atoms with Gasteiger partial charge in [-0.2, -0.15) is 0 Å². The third-order valence-corrected chi connectivity index (χ3v) is 4.88. The Bertz CT molecular complexity index is 722. The van der Waals surface area contributed by atoms with Crippen molar-refractivity contribution in [1.29, 1.82) is 0 Å². The van der Waals surface area contributed by atoms with Gasteiger partial charge in [-0.25, -0.2) is 4.79 Å². The molecule has 1 atom stereocenters. The Kier molecular flexibility index (Phi) is 5.35. The second kappa shape index (κ2) is 7.66. The van der Waals surface area contributed by atoms with E-state index in [9.17, 15) is 9.90 Å². The minimum absolute atomic E-state index is 0.362. The Labute approximate surface area is 146 Å². The summed E-state index contributed by atoms with van der Waals surface area (Å²) >= 11 is 5.33. The summed E-state index contributed by atoms with van der Waals surface area (Å²) in [5, 5.41) is 17.3. The number of aromatic amines is 1. The molecule has 24 heavy (non-hydrogen) atoms. The molecule has 5 nitrogen and oxygen atoms in total. The molecule has 4 N–H and O–H groups in total. The van der Waals surface area contributed by atoms with Gasteiger partial charge in [-0.3, -0.25) is 0 Å². The topological polar surface area (TPSA) is 77.1 Å². The number of aromatic nitrogens is 1. The van der Waals surface area contributed by atoms with Gasteiger partial charge in [0.15, 0.2) is 5.11 Å². The molecule has 0 radical (unpaired) electrons. The molecule has 0 spiro atoms. The Balaban J connectivity index is 1.64. The molecule has 1 unspecified atom stereocenters. The highest BCUT2D eigenvalue weighted by Gasteiger charge is 2.22. The van der Waals surface area contributed by atoms with Crippen LogP contribution in [0.5, 0.6) is 0 Å². The molecule has 6 heteroatoms. The minimum atomic E-state index is -0.895. The zero-order valence-corrected chi connectivity index (χ0v) is 14.4. The van der Waals surface area contributed by atoms with Crippen LogP contribution in [-0.2, 0) is 11.2 Å². The van der Waals surface area contributed by atoms with Gasteiger partial charge in [-0.1, -0.05) is 37.5 Å². The van der Waals surface area contributed by atoms with Crippen LogP contribution in [0.15, 0.2) is 30.5 Å². The van der Waals surface area contributed by atoms with Gasteiger partial charge in [0, 0.05) is 29.6 Å². The van der Waals surface area contributed by atoms with E-state index in [0.29, 0.717) is 17.6 Å². The van der Waals surface area contributed by atoms with Crippen LogP contribution < -0.4 is 10.6 Å². The fourth-order valence-corrected chi connectivity index (χ4v) is 3.66. The monoisotopic (exact) mass is 345 g/mol. The maximum Gasteiger partial charge on any atom is 0.326 e. The molecular formula is C18H23N3O2S.